The molecule has 1 fully saturated rings. The van der Waals surface area contributed by atoms with Crippen LogP contribution in [-0.2, 0) is 6.54 Å². The molecule has 2 rings (SSSR count). The van der Waals surface area contributed by atoms with Crippen molar-refractivity contribution in [3.8, 4) is 0 Å². The van der Waals surface area contributed by atoms with Gasteiger partial charge in [-0.15, -0.1) is 0 Å². The summed E-state index contributed by atoms with van der Waals surface area (Å²) in [6.07, 6.45) is 1.83. The molecule has 0 aliphatic heterocycles. The Kier molecular flexibility index (Phi) is 1.88. The lowest BCUT2D eigenvalue weighted by Crippen LogP contribution is -2.20. The van der Waals surface area contributed by atoms with E-state index in [-0.39, 0.29) is 18.2 Å². The fourth-order valence-electron chi connectivity index (χ4n) is 1.25. The topological polar surface area (TPSA) is 71.8 Å². The average molecular weight is 183 g/mol. The second-order valence-electron chi connectivity index (χ2n) is 3.19. The van der Waals surface area contributed by atoms with Crippen molar-refractivity contribution in [1.29, 1.82) is 0 Å². The number of H-pyrrole nitrogens is 1. The zero-order valence-electron chi connectivity index (χ0n) is 7.01. The number of nitrogens with zero attached hydrogens (tertiary/aromatic N) is 1. The van der Waals surface area contributed by atoms with E-state index in [0.29, 0.717) is 5.82 Å². The quantitative estimate of drug-likeness (QED) is 0.690. The molecule has 1 aromatic heterocycles. The van der Waals surface area contributed by atoms with Crippen molar-refractivity contribution < 1.29 is 4.39 Å². The van der Waals surface area contributed by atoms with Gasteiger partial charge in [-0.1, -0.05) is 0 Å². The van der Waals surface area contributed by atoms with E-state index in [0.717, 1.165) is 12.8 Å². The van der Waals surface area contributed by atoms with E-state index < -0.39 is 11.4 Å². The van der Waals surface area contributed by atoms with Crippen LogP contribution in [0.2, 0.25) is 0 Å². The van der Waals surface area contributed by atoms with Gasteiger partial charge in [0.1, 0.15) is 5.82 Å². The summed E-state index contributed by atoms with van der Waals surface area (Å²) in [5.74, 6) is -0.263. The van der Waals surface area contributed by atoms with Crippen molar-refractivity contribution in [2.75, 3.05) is 0 Å². The zero-order chi connectivity index (χ0) is 9.42. The number of hydrogen-bond acceptors (Lipinski definition) is 3. The molecule has 3 N–H and O–H groups in total. The predicted octanol–water partition coefficient (Wildman–Crippen LogP) is 0.245. The Hall–Kier alpha value is -1.23. The molecule has 13 heavy (non-hydrogen) atoms. The summed E-state index contributed by atoms with van der Waals surface area (Å²) in [7, 11) is 0. The van der Waals surface area contributed by atoms with E-state index in [2.05, 4.69) is 9.97 Å². The van der Waals surface area contributed by atoms with Crippen LogP contribution >= 0.6 is 0 Å². The first-order chi connectivity index (χ1) is 6.22. The van der Waals surface area contributed by atoms with E-state index in [1.165, 1.54) is 0 Å². The summed E-state index contributed by atoms with van der Waals surface area (Å²) in [5.41, 5.74) is 4.87. The second-order valence-corrected chi connectivity index (χ2v) is 3.19. The molecule has 1 aliphatic carbocycles. The first-order valence-corrected chi connectivity index (χ1v) is 4.21. The molecule has 0 unspecified atom stereocenters. The highest BCUT2D eigenvalue weighted by molar-refractivity contribution is 5.16. The Morgan fingerprint density at radius 2 is 2.31 bits per heavy atom. The Balaban J connectivity index is 2.52. The van der Waals surface area contributed by atoms with Crippen LogP contribution in [0, 0.1) is 5.82 Å². The van der Waals surface area contributed by atoms with Gasteiger partial charge in [0, 0.05) is 5.92 Å². The largest absolute Gasteiger partial charge is 0.324 e. The number of hydrogen-bond donors (Lipinski definition) is 2. The Morgan fingerprint density at radius 1 is 1.62 bits per heavy atom. The Bertz CT molecular complexity index is 383. The standard InChI is InChI=1S/C8H10FN3O/c9-6-7(4-1-2-4)11-5(3-10)12-8(6)13/h4H,1-3,10H2,(H,11,12,13). The lowest BCUT2D eigenvalue weighted by molar-refractivity contribution is 0.572. The van der Waals surface area contributed by atoms with Crippen molar-refractivity contribution in [3.05, 3.63) is 27.7 Å². The minimum Gasteiger partial charge on any atom is -0.324 e. The molecule has 1 saturated carbocycles. The van der Waals surface area contributed by atoms with E-state index in [4.69, 9.17) is 5.73 Å². The number of aromatic amines is 1. The van der Waals surface area contributed by atoms with Crippen LogP contribution in [0.5, 0.6) is 0 Å². The molecule has 0 atom stereocenters. The molecular weight excluding hydrogens is 173 g/mol. The van der Waals surface area contributed by atoms with Gasteiger partial charge in [-0.05, 0) is 12.8 Å². The molecule has 4 nitrogen and oxygen atoms in total. The molecule has 1 aliphatic rings. The van der Waals surface area contributed by atoms with E-state index in [9.17, 15) is 9.18 Å². The summed E-state index contributed by atoms with van der Waals surface area (Å²) in [6.45, 7) is 0.134. The summed E-state index contributed by atoms with van der Waals surface area (Å²) in [5, 5.41) is 0. The molecule has 1 heterocycles. The monoisotopic (exact) mass is 183 g/mol. The summed E-state index contributed by atoms with van der Waals surface area (Å²) >= 11 is 0. The van der Waals surface area contributed by atoms with Crippen LogP contribution < -0.4 is 11.3 Å². The number of halogens is 1. The maximum Gasteiger partial charge on any atom is 0.287 e. The average Bonchev–Trinajstić information content (AvgIpc) is 2.92. The number of aromatic nitrogens is 2. The molecule has 70 valence electrons. The van der Waals surface area contributed by atoms with Crippen LogP contribution in [0.25, 0.3) is 0 Å². The third-order valence-corrected chi connectivity index (χ3v) is 2.09. The van der Waals surface area contributed by atoms with Gasteiger partial charge in [-0.3, -0.25) is 4.79 Å². The Morgan fingerprint density at radius 3 is 2.85 bits per heavy atom. The molecule has 0 saturated heterocycles. The zero-order valence-corrected chi connectivity index (χ0v) is 7.01. The molecule has 0 bridgehead atoms. The maximum atomic E-state index is 13.2. The smallest absolute Gasteiger partial charge is 0.287 e. The van der Waals surface area contributed by atoms with E-state index in [1.807, 2.05) is 0 Å². The van der Waals surface area contributed by atoms with Gasteiger partial charge in [0.05, 0.1) is 12.2 Å². The van der Waals surface area contributed by atoms with Crippen molar-refractivity contribution in [3.63, 3.8) is 0 Å². The van der Waals surface area contributed by atoms with Gasteiger partial charge in [0.2, 0.25) is 5.82 Å². The van der Waals surface area contributed by atoms with Gasteiger partial charge in [-0.25, -0.2) is 4.98 Å². The molecular formula is C8H10FN3O. The van der Waals surface area contributed by atoms with E-state index in [1.54, 1.807) is 0 Å². The van der Waals surface area contributed by atoms with Crippen molar-refractivity contribution >= 4 is 0 Å². The minimum absolute atomic E-state index is 0.132. The van der Waals surface area contributed by atoms with Crippen molar-refractivity contribution in [2.45, 2.75) is 25.3 Å². The van der Waals surface area contributed by atoms with Crippen molar-refractivity contribution in [1.82, 2.24) is 9.97 Å². The highest BCUT2D eigenvalue weighted by atomic mass is 19.1. The highest BCUT2D eigenvalue weighted by Crippen LogP contribution is 2.39. The fourth-order valence-corrected chi connectivity index (χ4v) is 1.25. The molecule has 0 radical (unpaired) electrons. The third kappa shape index (κ3) is 1.47. The summed E-state index contributed by atoms with van der Waals surface area (Å²) in [6, 6.07) is 0. The van der Waals surface area contributed by atoms with Gasteiger partial charge in [-0.2, -0.15) is 4.39 Å². The fraction of sp³-hybridized carbons (Fsp3) is 0.500. The second kappa shape index (κ2) is 2.92. The number of nitrogens with two attached hydrogens (primary N) is 1. The van der Waals surface area contributed by atoms with Crippen LogP contribution in [0.4, 0.5) is 4.39 Å². The van der Waals surface area contributed by atoms with Crippen LogP contribution in [0.1, 0.15) is 30.3 Å². The van der Waals surface area contributed by atoms with Crippen molar-refractivity contribution in [2.24, 2.45) is 5.73 Å². The van der Waals surface area contributed by atoms with Gasteiger partial charge < -0.3 is 10.7 Å². The minimum atomic E-state index is -0.750. The lowest BCUT2D eigenvalue weighted by Gasteiger charge is -2.01. The van der Waals surface area contributed by atoms with Gasteiger partial charge in [0.25, 0.3) is 5.56 Å². The lowest BCUT2D eigenvalue weighted by atomic mass is 10.2. The molecule has 1 aromatic rings. The number of nitrogens with one attached hydrogen (secondary N) is 1. The molecule has 0 amide bonds. The number of rotatable bonds is 2. The predicted molar refractivity (Wildman–Crippen MR) is 44.7 cm³/mol. The van der Waals surface area contributed by atoms with Gasteiger partial charge >= 0.3 is 0 Å². The molecule has 5 heteroatoms. The van der Waals surface area contributed by atoms with Crippen LogP contribution in [0.15, 0.2) is 4.79 Å². The summed E-state index contributed by atoms with van der Waals surface area (Å²) in [4.78, 5) is 17.3. The van der Waals surface area contributed by atoms with Crippen LogP contribution in [-0.4, -0.2) is 9.97 Å². The molecule has 0 aromatic carbocycles. The van der Waals surface area contributed by atoms with E-state index >= 15 is 0 Å². The SMILES string of the molecule is NCc1nc(C2CC2)c(F)c(=O)[nH]1. The Labute approximate surface area is 74.0 Å². The summed E-state index contributed by atoms with van der Waals surface area (Å²) < 4.78 is 13.2. The first-order valence-electron chi connectivity index (χ1n) is 4.21. The highest BCUT2D eigenvalue weighted by Gasteiger charge is 2.29. The normalized spacial score (nSPS) is 16.2. The van der Waals surface area contributed by atoms with Crippen LogP contribution in [0.3, 0.4) is 0 Å². The molecule has 0 spiro atoms. The first kappa shape index (κ1) is 8.37. The maximum absolute atomic E-state index is 13.2. The van der Waals surface area contributed by atoms with Gasteiger partial charge in [0.15, 0.2) is 0 Å². The third-order valence-electron chi connectivity index (χ3n) is 2.09.